The van der Waals surface area contributed by atoms with Crippen molar-refractivity contribution < 1.29 is 9.59 Å². The van der Waals surface area contributed by atoms with E-state index in [4.69, 9.17) is 21.6 Å². The van der Waals surface area contributed by atoms with Crippen LogP contribution < -0.4 is 9.80 Å². The standard InChI is InChI=1S/C32H43ClN6O2/c1-7-23-14-15-37(20-23)32-27(33)18-26(30(34-6)38-17-16-36(19-22(38)5)28(41)10-4)31(35-32)39(21-40)29-24(8-2)12-11-13-25(29)9-3/h10-13,18,21-23H,4,7-9,14-17,19-20H2,1-3,5-6H3/b34-30+. The molecule has 3 heterocycles. The van der Waals surface area contributed by atoms with Gasteiger partial charge >= 0.3 is 0 Å². The van der Waals surface area contributed by atoms with Gasteiger partial charge in [-0.1, -0.05) is 63.6 Å². The van der Waals surface area contributed by atoms with Gasteiger partial charge in [-0.05, 0) is 55.4 Å². The van der Waals surface area contributed by atoms with Crippen molar-refractivity contribution in [2.24, 2.45) is 10.9 Å². The Balaban J connectivity index is 1.88. The van der Waals surface area contributed by atoms with Crippen LogP contribution in [0.25, 0.3) is 0 Å². The molecule has 2 aromatic rings. The number of hydrogen-bond acceptors (Lipinski definition) is 5. The number of anilines is 3. The molecule has 2 fully saturated rings. The van der Waals surface area contributed by atoms with E-state index >= 15 is 0 Å². The first-order valence-electron chi connectivity index (χ1n) is 14.8. The van der Waals surface area contributed by atoms with E-state index in [1.807, 2.05) is 12.1 Å². The van der Waals surface area contributed by atoms with Crippen LogP contribution in [0.5, 0.6) is 0 Å². The predicted molar refractivity (Wildman–Crippen MR) is 169 cm³/mol. The molecule has 2 amide bonds. The van der Waals surface area contributed by atoms with Crippen molar-refractivity contribution in [3.63, 3.8) is 0 Å². The highest BCUT2D eigenvalue weighted by atomic mass is 35.5. The summed E-state index contributed by atoms with van der Waals surface area (Å²) in [6.07, 6.45) is 5.98. The van der Waals surface area contributed by atoms with E-state index in [0.29, 0.717) is 53.6 Å². The van der Waals surface area contributed by atoms with Crippen molar-refractivity contribution in [1.29, 1.82) is 0 Å². The van der Waals surface area contributed by atoms with Gasteiger partial charge in [0.25, 0.3) is 0 Å². The Kier molecular flexibility index (Phi) is 10.1. The number of piperazine rings is 1. The van der Waals surface area contributed by atoms with Crippen LogP contribution in [0.2, 0.25) is 5.02 Å². The van der Waals surface area contributed by atoms with E-state index in [9.17, 15) is 9.59 Å². The molecule has 2 saturated heterocycles. The Labute approximate surface area is 249 Å². The van der Waals surface area contributed by atoms with Crippen molar-refractivity contribution in [3.8, 4) is 0 Å². The maximum absolute atomic E-state index is 13.0. The van der Waals surface area contributed by atoms with Crippen molar-refractivity contribution in [2.75, 3.05) is 49.6 Å². The monoisotopic (exact) mass is 578 g/mol. The highest BCUT2D eigenvalue weighted by molar-refractivity contribution is 6.33. The molecule has 1 aromatic heterocycles. The molecule has 1 aromatic carbocycles. The van der Waals surface area contributed by atoms with Crippen LogP contribution in [0, 0.1) is 5.92 Å². The Hall–Kier alpha value is -3.39. The maximum Gasteiger partial charge on any atom is 0.246 e. The zero-order chi connectivity index (χ0) is 29.7. The average Bonchev–Trinajstić information content (AvgIpc) is 3.48. The summed E-state index contributed by atoms with van der Waals surface area (Å²) in [5.41, 5.74) is 3.72. The molecular formula is C32H43ClN6O2. The number of aliphatic imine (C=N–C) groups is 1. The molecule has 2 aliphatic heterocycles. The zero-order valence-corrected chi connectivity index (χ0v) is 25.8. The van der Waals surface area contributed by atoms with E-state index in [1.54, 1.807) is 16.8 Å². The summed E-state index contributed by atoms with van der Waals surface area (Å²) in [5, 5.41) is 0.542. The number of halogens is 1. The minimum atomic E-state index is -0.0763. The van der Waals surface area contributed by atoms with Crippen LogP contribution in [0.4, 0.5) is 17.3 Å². The lowest BCUT2D eigenvalue weighted by Gasteiger charge is -2.41. The number of amides is 2. The minimum Gasteiger partial charge on any atom is -0.355 e. The van der Waals surface area contributed by atoms with Crippen molar-refractivity contribution >= 4 is 47.1 Å². The molecule has 9 heteroatoms. The summed E-state index contributed by atoms with van der Waals surface area (Å²) >= 11 is 6.99. The third-order valence-corrected chi connectivity index (χ3v) is 8.76. The maximum atomic E-state index is 13.0. The van der Waals surface area contributed by atoms with Gasteiger partial charge in [0.15, 0.2) is 5.82 Å². The average molecular weight is 579 g/mol. The fourth-order valence-electron chi connectivity index (χ4n) is 6.14. The summed E-state index contributed by atoms with van der Waals surface area (Å²) in [4.78, 5) is 43.2. The van der Waals surface area contributed by atoms with Gasteiger partial charge in [0.2, 0.25) is 12.3 Å². The van der Waals surface area contributed by atoms with Gasteiger partial charge in [0.1, 0.15) is 11.7 Å². The number of amidine groups is 1. The Bertz CT molecular complexity index is 1290. The molecule has 0 aliphatic carbocycles. The lowest BCUT2D eigenvalue weighted by atomic mass is 10.0. The lowest BCUT2D eigenvalue weighted by molar-refractivity contribution is -0.128. The normalized spacial score (nSPS) is 19.5. The third-order valence-electron chi connectivity index (χ3n) is 8.48. The molecule has 2 atom stereocenters. The molecule has 2 unspecified atom stereocenters. The van der Waals surface area contributed by atoms with Crippen LogP contribution in [0.15, 0.2) is 41.9 Å². The molecule has 0 spiro atoms. The number of nitrogens with zero attached hydrogens (tertiary/aromatic N) is 6. The number of hydrogen-bond donors (Lipinski definition) is 0. The van der Waals surface area contributed by atoms with Crippen molar-refractivity contribution in [2.45, 2.75) is 59.4 Å². The van der Waals surface area contributed by atoms with Crippen molar-refractivity contribution in [3.05, 3.63) is 58.6 Å². The first kappa shape index (κ1) is 30.6. The number of pyridine rings is 1. The first-order chi connectivity index (χ1) is 19.8. The van der Waals surface area contributed by atoms with E-state index in [0.717, 1.165) is 62.0 Å². The predicted octanol–water partition coefficient (Wildman–Crippen LogP) is 5.49. The fraction of sp³-hybridized carbons (Fsp3) is 0.500. The van der Waals surface area contributed by atoms with E-state index in [1.165, 1.54) is 6.08 Å². The Morgan fingerprint density at radius 2 is 1.88 bits per heavy atom. The number of rotatable bonds is 9. The second-order valence-corrected chi connectivity index (χ2v) is 11.3. The van der Waals surface area contributed by atoms with Crippen LogP contribution >= 0.6 is 11.6 Å². The molecule has 0 bridgehead atoms. The van der Waals surface area contributed by atoms with Gasteiger partial charge in [-0.3, -0.25) is 19.5 Å². The number of aryl methyl sites for hydroxylation is 2. The number of para-hydroxylation sites is 1. The Morgan fingerprint density at radius 1 is 1.17 bits per heavy atom. The second-order valence-electron chi connectivity index (χ2n) is 10.9. The van der Waals surface area contributed by atoms with Gasteiger partial charge in [-0.15, -0.1) is 0 Å². The lowest BCUT2D eigenvalue weighted by Crippen LogP contribution is -2.55. The molecule has 0 radical (unpaired) electrons. The molecule has 8 nitrogen and oxygen atoms in total. The van der Waals surface area contributed by atoms with Gasteiger partial charge in [0.05, 0.1) is 16.3 Å². The summed E-state index contributed by atoms with van der Waals surface area (Å²) in [7, 11) is 1.75. The minimum absolute atomic E-state index is 0.0136. The number of carbonyl (C=O) groups is 2. The van der Waals surface area contributed by atoms with Crippen molar-refractivity contribution in [1.82, 2.24) is 14.8 Å². The SMILES string of the molecule is C=CC(=O)N1CCN(/C(=N/C)c2cc(Cl)c(N3CCC(CC)C3)nc2N(C=O)c2c(CC)cccc2CC)C(C)C1. The van der Waals surface area contributed by atoms with Crippen LogP contribution in [-0.2, 0) is 22.4 Å². The quantitative estimate of drug-likeness (QED) is 0.170. The number of carbonyl (C=O) groups excluding carboxylic acids is 2. The van der Waals surface area contributed by atoms with Gasteiger partial charge in [0, 0.05) is 45.8 Å². The first-order valence-corrected chi connectivity index (χ1v) is 15.1. The second kappa shape index (κ2) is 13.5. The molecule has 0 N–H and O–H groups in total. The van der Waals surface area contributed by atoms with Gasteiger partial charge < -0.3 is 14.7 Å². The highest BCUT2D eigenvalue weighted by Crippen LogP contribution is 2.39. The zero-order valence-electron chi connectivity index (χ0n) is 25.1. The molecule has 41 heavy (non-hydrogen) atoms. The highest BCUT2D eigenvalue weighted by Gasteiger charge is 2.33. The molecule has 4 rings (SSSR count). The fourth-order valence-corrected chi connectivity index (χ4v) is 6.41. The van der Waals surface area contributed by atoms with E-state index < -0.39 is 0 Å². The summed E-state index contributed by atoms with van der Waals surface area (Å²) in [6.45, 7) is 15.6. The smallest absolute Gasteiger partial charge is 0.246 e. The summed E-state index contributed by atoms with van der Waals surface area (Å²) in [5.74, 6) is 2.44. The summed E-state index contributed by atoms with van der Waals surface area (Å²) < 4.78 is 0. The largest absolute Gasteiger partial charge is 0.355 e. The molecular weight excluding hydrogens is 536 g/mol. The van der Waals surface area contributed by atoms with Crippen LogP contribution in [-0.4, -0.2) is 78.7 Å². The van der Waals surface area contributed by atoms with E-state index in [-0.39, 0.29) is 11.9 Å². The topological polar surface area (TPSA) is 72.4 Å². The number of aromatic nitrogens is 1. The number of benzene rings is 1. The van der Waals surface area contributed by atoms with E-state index in [2.05, 4.69) is 56.2 Å². The van der Waals surface area contributed by atoms with Crippen LogP contribution in [0.3, 0.4) is 0 Å². The van der Waals surface area contributed by atoms with Gasteiger partial charge in [-0.25, -0.2) is 4.98 Å². The Morgan fingerprint density at radius 3 is 2.41 bits per heavy atom. The molecule has 2 aliphatic rings. The van der Waals surface area contributed by atoms with Crippen LogP contribution in [0.1, 0.15) is 57.2 Å². The third kappa shape index (κ3) is 6.13. The van der Waals surface area contributed by atoms with Gasteiger partial charge in [-0.2, -0.15) is 0 Å². The molecule has 0 saturated carbocycles. The summed E-state index contributed by atoms with van der Waals surface area (Å²) in [6, 6.07) is 8.10. The molecule has 220 valence electrons.